The van der Waals surface area contributed by atoms with Crippen molar-refractivity contribution in [2.75, 3.05) is 0 Å². The Balaban J connectivity index is 1.78. The van der Waals surface area contributed by atoms with Crippen LogP contribution in [0.4, 0.5) is 0 Å². The number of thiophene rings is 2. The van der Waals surface area contributed by atoms with Gasteiger partial charge in [-0.1, -0.05) is 42.1 Å². The number of nitrogens with zero attached hydrogens (tertiary/aromatic N) is 3. The highest BCUT2D eigenvalue weighted by Gasteiger charge is 2.17. The first-order chi connectivity index (χ1) is 13.7. The van der Waals surface area contributed by atoms with Gasteiger partial charge in [0.15, 0.2) is 5.16 Å². The predicted octanol–water partition coefficient (Wildman–Crippen LogP) is 5.54. The fraction of sp³-hybridized carbons (Fsp3) is 0.0952. The van der Waals surface area contributed by atoms with E-state index in [-0.39, 0.29) is 5.56 Å². The zero-order chi connectivity index (χ0) is 19.5. The lowest BCUT2D eigenvalue weighted by Gasteiger charge is -2.11. The summed E-state index contributed by atoms with van der Waals surface area (Å²) in [4.78, 5) is 19.9. The standard InChI is InChI=1S/C21H15N3OS3/c1-2-9-24-20(25)18-16(17-8-5-10-26-17)13-27-19(18)23-21(24)28-12-15-7-4-3-6-14(15)11-22/h2-8,10,13H,1,9,12H2. The first-order valence-corrected chi connectivity index (χ1v) is 11.2. The molecule has 7 heteroatoms. The number of rotatable bonds is 6. The predicted molar refractivity (Wildman–Crippen MR) is 118 cm³/mol. The van der Waals surface area contributed by atoms with Gasteiger partial charge in [0.25, 0.3) is 5.56 Å². The zero-order valence-corrected chi connectivity index (χ0v) is 17.2. The molecule has 0 fully saturated rings. The Bertz CT molecular complexity index is 1250. The molecule has 28 heavy (non-hydrogen) atoms. The molecule has 138 valence electrons. The summed E-state index contributed by atoms with van der Waals surface area (Å²) in [5, 5.41) is 14.6. The molecule has 0 bridgehead atoms. The van der Waals surface area contributed by atoms with Gasteiger partial charge in [-0.3, -0.25) is 9.36 Å². The van der Waals surface area contributed by atoms with Crippen LogP contribution < -0.4 is 5.56 Å². The van der Waals surface area contributed by atoms with E-state index in [4.69, 9.17) is 4.98 Å². The van der Waals surface area contributed by atoms with Gasteiger partial charge in [0, 0.05) is 28.1 Å². The van der Waals surface area contributed by atoms with E-state index in [1.807, 2.05) is 41.1 Å². The quantitative estimate of drug-likeness (QED) is 0.233. The van der Waals surface area contributed by atoms with Gasteiger partial charge in [-0.15, -0.1) is 29.3 Å². The van der Waals surface area contributed by atoms with E-state index in [9.17, 15) is 10.1 Å². The SMILES string of the molecule is C=CCn1c(SCc2ccccc2C#N)nc2scc(-c3cccs3)c2c1=O. The fourth-order valence-corrected chi connectivity index (χ4v) is 5.73. The van der Waals surface area contributed by atoms with Crippen LogP contribution in [0.2, 0.25) is 0 Å². The second kappa shape index (κ2) is 8.15. The van der Waals surface area contributed by atoms with Crippen molar-refractivity contribution in [2.24, 2.45) is 0 Å². The molecule has 4 nitrogen and oxygen atoms in total. The van der Waals surface area contributed by atoms with Gasteiger partial charge >= 0.3 is 0 Å². The van der Waals surface area contributed by atoms with Crippen LogP contribution in [0.15, 0.2) is 69.8 Å². The summed E-state index contributed by atoms with van der Waals surface area (Å²) >= 11 is 4.57. The Kier molecular flexibility index (Phi) is 5.44. The Labute approximate surface area is 174 Å². The van der Waals surface area contributed by atoms with Crippen LogP contribution in [-0.4, -0.2) is 9.55 Å². The van der Waals surface area contributed by atoms with Crippen molar-refractivity contribution < 1.29 is 0 Å². The summed E-state index contributed by atoms with van der Waals surface area (Å²) in [6, 6.07) is 13.7. The van der Waals surface area contributed by atoms with Crippen LogP contribution in [0.25, 0.3) is 20.7 Å². The number of fused-ring (bicyclic) bond motifs is 1. The topological polar surface area (TPSA) is 58.7 Å². The van der Waals surface area contributed by atoms with E-state index < -0.39 is 0 Å². The Hall–Kier alpha value is -2.66. The molecule has 4 aromatic rings. The van der Waals surface area contributed by atoms with E-state index in [0.717, 1.165) is 20.8 Å². The van der Waals surface area contributed by atoms with Crippen LogP contribution in [0.5, 0.6) is 0 Å². The summed E-state index contributed by atoms with van der Waals surface area (Å²) in [7, 11) is 0. The molecule has 3 heterocycles. The van der Waals surface area contributed by atoms with Gasteiger partial charge in [0.2, 0.25) is 0 Å². The van der Waals surface area contributed by atoms with Gasteiger partial charge in [-0.05, 0) is 23.1 Å². The van der Waals surface area contributed by atoms with Crippen LogP contribution in [0.3, 0.4) is 0 Å². The summed E-state index contributed by atoms with van der Waals surface area (Å²) in [5.74, 6) is 0.571. The van der Waals surface area contributed by atoms with Gasteiger partial charge in [0.1, 0.15) is 4.83 Å². The molecular formula is C21H15N3OS3. The van der Waals surface area contributed by atoms with E-state index >= 15 is 0 Å². The van der Waals surface area contributed by atoms with Crippen molar-refractivity contribution in [1.29, 1.82) is 5.26 Å². The molecule has 0 aliphatic heterocycles. The third-order valence-electron chi connectivity index (χ3n) is 4.25. The smallest absolute Gasteiger partial charge is 0.263 e. The number of benzene rings is 1. The Morgan fingerprint density at radius 3 is 2.86 bits per heavy atom. The largest absolute Gasteiger partial charge is 0.283 e. The van der Waals surface area contributed by atoms with Crippen molar-refractivity contribution in [1.82, 2.24) is 9.55 Å². The van der Waals surface area contributed by atoms with Crippen LogP contribution in [0, 0.1) is 11.3 Å². The van der Waals surface area contributed by atoms with E-state index in [2.05, 4.69) is 12.6 Å². The summed E-state index contributed by atoms with van der Waals surface area (Å²) in [6.45, 7) is 4.18. The third kappa shape index (κ3) is 3.42. The molecule has 0 spiro atoms. The molecule has 0 unspecified atom stereocenters. The minimum Gasteiger partial charge on any atom is -0.283 e. The monoisotopic (exact) mass is 421 g/mol. The summed E-state index contributed by atoms with van der Waals surface area (Å²) in [6.07, 6.45) is 1.71. The fourth-order valence-electron chi connectivity index (χ4n) is 2.92. The molecule has 0 saturated carbocycles. The van der Waals surface area contributed by atoms with E-state index in [1.165, 1.54) is 23.1 Å². The van der Waals surface area contributed by atoms with Crippen molar-refractivity contribution in [3.05, 3.63) is 81.3 Å². The summed E-state index contributed by atoms with van der Waals surface area (Å²) in [5.41, 5.74) is 2.46. The normalized spacial score (nSPS) is 10.8. The second-order valence-electron chi connectivity index (χ2n) is 5.96. The number of hydrogen-bond acceptors (Lipinski definition) is 6. The lowest BCUT2D eigenvalue weighted by molar-refractivity contribution is 0.673. The molecule has 0 radical (unpaired) electrons. The minimum atomic E-state index is -0.0504. The molecule has 0 saturated heterocycles. The molecule has 0 aliphatic carbocycles. The van der Waals surface area contributed by atoms with Gasteiger partial charge < -0.3 is 0 Å². The molecule has 0 aliphatic rings. The first kappa shape index (κ1) is 18.7. The van der Waals surface area contributed by atoms with Crippen LogP contribution in [-0.2, 0) is 12.3 Å². The number of hydrogen-bond donors (Lipinski definition) is 0. The summed E-state index contributed by atoms with van der Waals surface area (Å²) < 4.78 is 1.67. The van der Waals surface area contributed by atoms with Crippen molar-refractivity contribution in [3.8, 4) is 16.5 Å². The van der Waals surface area contributed by atoms with Crippen molar-refractivity contribution in [2.45, 2.75) is 17.5 Å². The second-order valence-corrected chi connectivity index (χ2v) is 8.71. The van der Waals surface area contributed by atoms with Gasteiger partial charge in [-0.2, -0.15) is 5.26 Å². The first-order valence-electron chi connectivity index (χ1n) is 8.50. The number of allylic oxidation sites excluding steroid dienone is 1. The zero-order valence-electron chi connectivity index (χ0n) is 14.8. The molecule has 0 N–H and O–H groups in total. The Morgan fingerprint density at radius 2 is 2.11 bits per heavy atom. The maximum Gasteiger partial charge on any atom is 0.263 e. The lowest BCUT2D eigenvalue weighted by atomic mass is 10.1. The van der Waals surface area contributed by atoms with Crippen molar-refractivity contribution in [3.63, 3.8) is 0 Å². The number of aromatic nitrogens is 2. The van der Waals surface area contributed by atoms with Gasteiger partial charge in [-0.25, -0.2) is 4.98 Å². The third-order valence-corrected chi connectivity index (χ3v) is 7.05. The van der Waals surface area contributed by atoms with E-state index in [1.54, 1.807) is 28.0 Å². The maximum absolute atomic E-state index is 13.3. The Morgan fingerprint density at radius 1 is 1.25 bits per heavy atom. The molecular weight excluding hydrogens is 406 g/mol. The van der Waals surface area contributed by atoms with Crippen LogP contribution >= 0.6 is 34.4 Å². The number of thioether (sulfide) groups is 1. The van der Waals surface area contributed by atoms with Crippen molar-refractivity contribution >= 4 is 44.7 Å². The molecule has 4 rings (SSSR count). The van der Waals surface area contributed by atoms with E-state index in [0.29, 0.717) is 28.4 Å². The molecule has 0 amide bonds. The average Bonchev–Trinajstić information content (AvgIpc) is 3.38. The molecule has 1 aromatic carbocycles. The van der Waals surface area contributed by atoms with Gasteiger partial charge in [0.05, 0.1) is 17.0 Å². The lowest BCUT2D eigenvalue weighted by Crippen LogP contribution is -2.22. The maximum atomic E-state index is 13.3. The number of nitriles is 1. The average molecular weight is 422 g/mol. The highest BCUT2D eigenvalue weighted by atomic mass is 32.2. The molecule has 0 atom stereocenters. The minimum absolute atomic E-state index is 0.0504. The van der Waals surface area contributed by atoms with Crippen LogP contribution in [0.1, 0.15) is 11.1 Å². The molecule has 3 aromatic heterocycles. The highest BCUT2D eigenvalue weighted by molar-refractivity contribution is 7.98. The highest BCUT2D eigenvalue weighted by Crippen LogP contribution is 2.35.